The maximum atomic E-state index is 10.2. The van der Waals surface area contributed by atoms with Gasteiger partial charge in [-0.05, 0) is 12.0 Å². The average Bonchev–Trinajstić information content (AvgIpc) is 1.80. The summed E-state index contributed by atoms with van der Waals surface area (Å²) in [6.07, 6.45) is 0.947. The van der Waals surface area contributed by atoms with E-state index in [1.807, 2.05) is 20.0 Å². The average molecular weight is 195 g/mol. The lowest BCUT2D eigenvalue weighted by atomic mass is 10.2. The molecule has 1 unspecified atom stereocenters. The van der Waals surface area contributed by atoms with Crippen LogP contribution < -0.4 is 0 Å². The van der Waals surface area contributed by atoms with Crippen LogP contribution in [-0.2, 0) is 4.79 Å². The van der Waals surface area contributed by atoms with Crippen molar-refractivity contribution in [3.05, 3.63) is 0 Å². The number of carbonyl (C=O) groups is 1. The fraction of sp³-hybridized carbons (Fsp3) is 0.857. The van der Waals surface area contributed by atoms with Gasteiger partial charge in [0.15, 0.2) is 7.38 Å². The Bertz CT molecular complexity index is 142. The number of aliphatic carboxylic acids is 1. The van der Waals surface area contributed by atoms with Crippen molar-refractivity contribution in [3.63, 3.8) is 0 Å². The maximum absolute atomic E-state index is 10.2. The molecule has 1 N–H and O–H groups in total. The normalized spacial score (nSPS) is 14.5. The quantitative estimate of drug-likeness (QED) is 0.552. The molecule has 0 rings (SSSR count). The van der Waals surface area contributed by atoms with Crippen LogP contribution in [0.4, 0.5) is 0 Å². The van der Waals surface area contributed by atoms with Gasteiger partial charge in [-0.15, -0.1) is 0 Å². The Morgan fingerprint density at radius 3 is 2.36 bits per heavy atom. The van der Waals surface area contributed by atoms with Crippen LogP contribution in [-0.4, -0.2) is 18.5 Å². The monoisotopic (exact) mass is 194 g/mol. The Morgan fingerprint density at radius 2 is 2.09 bits per heavy atom. The van der Waals surface area contributed by atoms with Gasteiger partial charge in [0, 0.05) is 6.42 Å². The van der Waals surface area contributed by atoms with Crippen molar-refractivity contribution in [1.29, 1.82) is 0 Å². The molecular weight excluding hydrogens is 180 g/mol. The van der Waals surface area contributed by atoms with Crippen LogP contribution in [0.1, 0.15) is 19.8 Å². The van der Waals surface area contributed by atoms with Gasteiger partial charge in [0.25, 0.3) is 0 Å². The summed E-state index contributed by atoms with van der Waals surface area (Å²) in [5.41, 5.74) is 0.375. The summed E-state index contributed by atoms with van der Waals surface area (Å²) in [7, 11) is -1.62. The molecule has 0 spiro atoms. The second kappa shape index (κ2) is 4.12. The lowest BCUT2D eigenvalue weighted by Gasteiger charge is -2.21. The van der Waals surface area contributed by atoms with Crippen molar-refractivity contribution in [2.75, 3.05) is 0 Å². The Balaban J connectivity index is 3.70. The van der Waals surface area contributed by atoms with Gasteiger partial charge in [-0.2, -0.15) is 11.1 Å². The maximum Gasteiger partial charge on any atom is 0.303 e. The van der Waals surface area contributed by atoms with Gasteiger partial charge in [0.1, 0.15) is 0 Å². The highest BCUT2D eigenvalue weighted by atomic mass is 35.6. The van der Waals surface area contributed by atoms with Gasteiger partial charge in [-0.25, -0.2) is 0 Å². The summed E-state index contributed by atoms with van der Waals surface area (Å²) in [5, 5.41) is 8.40. The van der Waals surface area contributed by atoms with Crippen LogP contribution in [0.2, 0.25) is 18.6 Å². The van der Waals surface area contributed by atoms with Crippen molar-refractivity contribution in [2.45, 2.75) is 38.4 Å². The first kappa shape index (κ1) is 11.0. The van der Waals surface area contributed by atoms with E-state index in [9.17, 15) is 4.79 Å². The van der Waals surface area contributed by atoms with E-state index in [-0.39, 0.29) is 6.42 Å². The van der Waals surface area contributed by atoms with E-state index >= 15 is 0 Å². The van der Waals surface area contributed by atoms with Crippen molar-refractivity contribution >= 4 is 24.4 Å². The molecule has 0 fully saturated rings. The molecular formula is C7H15ClO2Si. The number of hydrogen-bond acceptors (Lipinski definition) is 1. The molecule has 0 heterocycles. The molecule has 0 saturated carbocycles. The van der Waals surface area contributed by atoms with Gasteiger partial charge in [0.2, 0.25) is 0 Å². The molecule has 0 aliphatic heterocycles. The van der Waals surface area contributed by atoms with E-state index in [4.69, 9.17) is 16.2 Å². The van der Waals surface area contributed by atoms with Gasteiger partial charge in [-0.1, -0.05) is 20.0 Å². The molecule has 11 heavy (non-hydrogen) atoms. The lowest BCUT2D eigenvalue weighted by Crippen LogP contribution is -2.23. The zero-order chi connectivity index (χ0) is 9.07. The standard InChI is InChI=1S/C7H15ClO2Si/c1-6(11(2,3)8)4-5-7(9)10/h6H,4-5H2,1-3H3,(H,9,10). The van der Waals surface area contributed by atoms with Gasteiger partial charge < -0.3 is 5.11 Å². The topological polar surface area (TPSA) is 37.3 Å². The summed E-state index contributed by atoms with van der Waals surface area (Å²) >= 11 is 6.11. The number of halogens is 1. The molecule has 0 aliphatic rings. The zero-order valence-corrected chi connectivity index (χ0v) is 8.98. The van der Waals surface area contributed by atoms with E-state index in [2.05, 4.69) is 0 Å². The molecule has 1 atom stereocenters. The minimum Gasteiger partial charge on any atom is -0.481 e. The van der Waals surface area contributed by atoms with E-state index in [0.717, 1.165) is 0 Å². The first-order chi connectivity index (χ1) is 4.84. The second-order valence-corrected chi connectivity index (χ2v) is 10.4. The van der Waals surface area contributed by atoms with Crippen LogP contribution in [0.15, 0.2) is 0 Å². The molecule has 0 aromatic rings. The molecule has 0 aromatic heterocycles. The van der Waals surface area contributed by atoms with Crippen molar-refractivity contribution in [1.82, 2.24) is 0 Å². The number of hydrogen-bond donors (Lipinski definition) is 1. The Hall–Kier alpha value is -0.0231. The van der Waals surface area contributed by atoms with Crippen LogP contribution in [0.5, 0.6) is 0 Å². The Morgan fingerprint density at radius 1 is 1.64 bits per heavy atom. The fourth-order valence-corrected chi connectivity index (χ4v) is 1.84. The number of carboxylic acid groups (broad SMARTS) is 1. The molecule has 0 aromatic carbocycles. The zero-order valence-electron chi connectivity index (χ0n) is 7.22. The van der Waals surface area contributed by atoms with Crippen molar-refractivity contribution in [3.8, 4) is 0 Å². The molecule has 0 saturated heterocycles. The number of carboxylic acids is 1. The predicted molar refractivity (Wildman–Crippen MR) is 49.6 cm³/mol. The van der Waals surface area contributed by atoms with E-state index in [0.29, 0.717) is 12.0 Å². The molecule has 4 heteroatoms. The SMILES string of the molecule is CC(CCC(=O)O)[Si](C)(C)Cl. The van der Waals surface area contributed by atoms with Crippen LogP contribution in [0.25, 0.3) is 0 Å². The summed E-state index contributed by atoms with van der Waals surface area (Å²) in [5.74, 6) is -0.730. The molecule has 0 bridgehead atoms. The van der Waals surface area contributed by atoms with E-state index < -0.39 is 13.4 Å². The second-order valence-electron chi connectivity index (χ2n) is 3.40. The highest BCUT2D eigenvalue weighted by molar-refractivity contribution is 7.19. The van der Waals surface area contributed by atoms with Gasteiger partial charge >= 0.3 is 5.97 Å². The highest BCUT2D eigenvalue weighted by Gasteiger charge is 2.25. The Kier molecular flexibility index (Phi) is 4.11. The smallest absolute Gasteiger partial charge is 0.303 e. The highest BCUT2D eigenvalue weighted by Crippen LogP contribution is 2.29. The Labute approximate surface area is 73.3 Å². The molecule has 0 amide bonds. The first-order valence-corrected chi connectivity index (χ1v) is 7.83. The van der Waals surface area contributed by atoms with Crippen molar-refractivity contribution < 1.29 is 9.90 Å². The summed E-state index contributed by atoms with van der Waals surface area (Å²) in [6, 6.07) is 0. The minimum atomic E-state index is -1.62. The fourth-order valence-electron chi connectivity index (χ4n) is 0.683. The van der Waals surface area contributed by atoms with Crippen LogP contribution >= 0.6 is 11.1 Å². The molecule has 0 aliphatic carbocycles. The van der Waals surface area contributed by atoms with Gasteiger partial charge in [-0.3, -0.25) is 4.79 Å². The predicted octanol–water partition coefficient (Wildman–Crippen LogP) is 2.69. The van der Waals surface area contributed by atoms with E-state index in [1.165, 1.54) is 0 Å². The van der Waals surface area contributed by atoms with Crippen LogP contribution in [0, 0.1) is 0 Å². The molecule has 2 nitrogen and oxygen atoms in total. The summed E-state index contributed by atoms with van der Waals surface area (Å²) in [6.45, 7) is 6.12. The van der Waals surface area contributed by atoms with E-state index in [1.54, 1.807) is 0 Å². The van der Waals surface area contributed by atoms with Crippen LogP contribution in [0.3, 0.4) is 0 Å². The largest absolute Gasteiger partial charge is 0.481 e. The summed E-state index contributed by atoms with van der Waals surface area (Å²) < 4.78 is 0. The summed E-state index contributed by atoms with van der Waals surface area (Å²) in [4.78, 5) is 10.2. The van der Waals surface area contributed by atoms with Gasteiger partial charge in [0.05, 0.1) is 0 Å². The first-order valence-electron chi connectivity index (χ1n) is 3.74. The third kappa shape index (κ3) is 5.27. The lowest BCUT2D eigenvalue weighted by molar-refractivity contribution is -0.137. The number of rotatable bonds is 4. The third-order valence-corrected chi connectivity index (χ3v) is 5.71. The minimum absolute atomic E-state index is 0.240. The van der Waals surface area contributed by atoms with Crippen molar-refractivity contribution in [2.24, 2.45) is 0 Å². The molecule has 66 valence electrons. The third-order valence-electron chi connectivity index (χ3n) is 1.96. The molecule has 0 radical (unpaired) electrons.